The van der Waals surface area contributed by atoms with E-state index in [4.69, 9.17) is 0 Å². The van der Waals surface area contributed by atoms with Crippen LogP contribution in [0, 0.1) is 0 Å². The number of amides is 1. The maximum Gasteiger partial charge on any atom is 0.219 e. The molecule has 0 aromatic carbocycles. The zero-order valence-electron chi connectivity index (χ0n) is 32.7. The molecule has 0 saturated heterocycles. The van der Waals surface area contributed by atoms with E-state index in [9.17, 15) is 4.79 Å². The zero-order valence-corrected chi connectivity index (χ0v) is 32.7. The average molecular weight is 650 g/mol. The van der Waals surface area contributed by atoms with Gasteiger partial charge in [0.25, 0.3) is 0 Å². The summed E-state index contributed by atoms with van der Waals surface area (Å²) >= 11 is 0. The van der Waals surface area contributed by atoms with E-state index in [1.165, 1.54) is 230 Å². The summed E-state index contributed by atoms with van der Waals surface area (Å²) < 4.78 is 1.21. The van der Waals surface area contributed by atoms with E-state index in [-0.39, 0.29) is 5.91 Å². The van der Waals surface area contributed by atoms with Crippen LogP contribution in [-0.4, -0.2) is 43.6 Å². The van der Waals surface area contributed by atoms with Crippen molar-refractivity contribution in [1.29, 1.82) is 0 Å². The number of carbonyl (C=O) groups is 1. The van der Waals surface area contributed by atoms with Crippen molar-refractivity contribution in [3.05, 3.63) is 0 Å². The van der Waals surface area contributed by atoms with Crippen LogP contribution in [0.4, 0.5) is 0 Å². The fourth-order valence-corrected chi connectivity index (χ4v) is 7.23. The van der Waals surface area contributed by atoms with E-state index in [0.717, 1.165) is 13.0 Å². The number of hydrogen-bond acceptors (Lipinski definition) is 1. The third-order valence-electron chi connectivity index (χ3n) is 10.6. The van der Waals surface area contributed by atoms with Crippen molar-refractivity contribution in [3.63, 3.8) is 0 Å². The van der Waals surface area contributed by atoms with E-state index >= 15 is 0 Å². The predicted octanol–water partition coefficient (Wildman–Crippen LogP) is 13.9. The first-order valence-electron chi connectivity index (χ1n) is 21.7. The van der Waals surface area contributed by atoms with E-state index in [1.807, 2.05) is 6.92 Å². The second-order valence-corrected chi connectivity index (χ2v) is 15.5. The van der Waals surface area contributed by atoms with Gasteiger partial charge in [-0.3, -0.25) is 4.79 Å². The first kappa shape index (κ1) is 45.4. The van der Waals surface area contributed by atoms with Gasteiger partial charge in [0.1, 0.15) is 0 Å². The predicted molar refractivity (Wildman–Crippen MR) is 208 cm³/mol. The van der Waals surface area contributed by atoms with Crippen LogP contribution in [0.25, 0.3) is 0 Å². The van der Waals surface area contributed by atoms with Crippen molar-refractivity contribution in [3.8, 4) is 0 Å². The third-order valence-corrected chi connectivity index (χ3v) is 10.6. The highest BCUT2D eigenvalue weighted by Crippen LogP contribution is 2.17. The normalized spacial score (nSPS) is 11.8. The summed E-state index contributed by atoms with van der Waals surface area (Å²) in [6.07, 6.45) is 47.7. The zero-order chi connectivity index (χ0) is 33.7. The van der Waals surface area contributed by atoms with Crippen LogP contribution in [0.3, 0.4) is 0 Å². The molecule has 276 valence electrons. The molecule has 0 aliphatic heterocycles. The maximum atomic E-state index is 11.7. The number of rotatable bonds is 39. The molecule has 0 heterocycles. The number of nitrogens with one attached hydrogen (secondary N) is 1. The first-order valence-corrected chi connectivity index (χ1v) is 21.7. The van der Waals surface area contributed by atoms with Crippen molar-refractivity contribution in [2.75, 3.05) is 33.2 Å². The quantitative estimate of drug-likeness (QED) is 0.0521. The molecule has 0 aromatic heterocycles. The molecule has 0 radical (unpaired) electrons. The van der Waals surface area contributed by atoms with Gasteiger partial charge in [-0.05, 0) is 25.7 Å². The summed E-state index contributed by atoms with van der Waals surface area (Å²) in [5, 5.41) is 3.10. The molecule has 0 bridgehead atoms. The summed E-state index contributed by atoms with van der Waals surface area (Å²) in [4.78, 5) is 11.7. The Hall–Kier alpha value is -0.570. The Bertz CT molecular complexity index is 555. The molecule has 0 aromatic rings. The second kappa shape index (κ2) is 37.3. The van der Waals surface area contributed by atoms with E-state index in [1.54, 1.807) is 0 Å². The Morgan fingerprint density at radius 2 is 0.609 bits per heavy atom. The van der Waals surface area contributed by atoms with Crippen LogP contribution in [0.2, 0.25) is 0 Å². The lowest BCUT2D eigenvalue weighted by atomic mass is 10.0. The average Bonchev–Trinajstić information content (AvgIpc) is 3.06. The molecule has 3 nitrogen and oxygen atoms in total. The van der Waals surface area contributed by atoms with Crippen LogP contribution in [0.1, 0.15) is 239 Å². The van der Waals surface area contributed by atoms with Crippen LogP contribution in [0.5, 0.6) is 0 Å². The van der Waals surface area contributed by atoms with E-state index in [2.05, 4.69) is 26.2 Å². The Balaban J connectivity index is 3.89. The van der Waals surface area contributed by atoms with Crippen molar-refractivity contribution < 1.29 is 9.28 Å². The van der Waals surface area contributed by atoms with Gasteiger partial charge < -0.3 is 9.80 Å². The van der Waals surface area contributed by atoms with Gasteiger partial charge in [-0.15, -0.1) is 0 Å². The summed E-state index contributed by atoms with van der Waals surface area (Å²) in [5.41, 5.74) is 0. The second-order valence-electron chi connectivity index (χ2n) is 15.5. The van der Waals surface area contributed by atoms with Crippen LogP contribution >= 0.6 is 0 Å². The molecule has 1 amide bonds. The number of nitrogens with zero attached hydrogens (tertiary/aromatic N) is 1. The largest absolute Gasteiger partial charge is 0.356 e. The molecule has 0 aliphatic rings. The van der Waals surface area contributed by atoms with Crippen molar-refractivity contribution >= 4 is 5.91 Å². The molecule has 0 fully saturated rings. The monoisotopic (exact) mass is 650 g/mol. The van der Waals surface area contributed by atoms with E-state index < -0.39 is 0 Å². The fraction of sp³-hybridized carbons (Fsp3) is 0.977. The van der Waals surface area contributed by atoms with Gasteiger partial charge in [-0.2, -0.15) is 0 Å². The molecular weight excluding hydrogens is 560 g/mol. The molecule has 46 heavy (non-hydrogen) atoms. The third kappa shape index (κ3) is 34.8. The van der Waals surface area contributed by atoms with Crippen LogP contribution in [-0.2, 0) is 4.79 Å². The highest BCUT2D eigenvalue weighted by Gasteiger charge is 2.20. The minimum absolute atomic E-state index is 0.199. The van der Waals surface area contributed by atoms with Gasteiger partial charge in [-0.25, -0.2) is 0 Å². The van der Waals surface area contributed by atoms with Gasteiger partial charge in [0.05, 0.1) is 26.7 Å². The van der Waals surface area contributed by atoms with Crippen molar-refractivity contribution in [2.24, 2.45) is 0 Å². The summed E-state index contributed by atoms with van der Waals surface area (Å²) in [7, 11) is 2.50. The minimum atomic E-state index is 0.199. The van der Waals surface area contributed by atoms with Crippen molar-refractivity contribution in [1.82, 2.24) is 5.32 Å². The topological polar surface area (TPSA) is 29.1 Å². The Labute approximate surface area is 292 Å². The summed E-state index contributed by atoms with van der Waals surface area (Å²) in [5.74, 6) is 0.199. The van der Waals surface area contributed by atoms with Gasteiger partial charge in [0.2, 0.25) is 5.91 Å². The Kier molecular flexibility index (Phi) is 36.8. The number of carbonyl (C=O) groups excluding carboxylic acids is 1. The Morgan fingerprint density at radius 3 is 0.870 bits per heavy atom. The molecule has 1 N–H and O–H groups in total. The lowest BCUT2D eigenvalue weighted by Crippen LogP contribution is -2.47. The lowest BCUT2D eigenvalue weighted by molar-refractivity contribution is -0.910. The molecule has 0 saturated carbocycles. The van der Waals surface area contributed by atoms with Crippen molar-refractivity contribution in [2.45, 2.75) is 239 Å². The number of hydrogen-bond donors (Lipinski definition) is 1. The van der Waals surface area contributed by atoms with Gasteiger partial charge in [0, 0.05) is 19.4 Å². The van der Waals surface area contributed by atoms with Crippen LogP contribution < -0.4 is 5.32 Å². The molecule has 0 unspecified atom stereocenters. The van der Waals surface area contributed by atoms with Gasteiger partial charge in [-0.1, -0.05) is 201 Å². The van der Waals surface area contributed by atoms with Gasteiger partial charge in [0.15, 0.2) is 0 Å². The molecule has 0 spiro atoms. The summed E-state index contributed by atoms with van der Waals surface area (Å²) in [6.45, 7) is 11.2. The molecular formula is C43H89N2O+. The molecule has 0 aliphatic carbocycles. The van der Waals surface area contributed by atoms with Gasteiger partial charge >= 0.3 is 0 Å². The number of quaternary nitrogens is 1. The highest BCUT2D eigenvalue weighted by atomic mass is 16.1. The standard InChI is InChI=1S/C43H88N2O/c1-5-8-10-12-14-16-18-20-22-24-26-28-30-32-34-36-40-45(4,42-38-39-44-43(46)7-3)41-37-35-33-31-29-27-25-23-21-19-17-15-13-11-9-6-2/h5-42H2,1-4H3/p+1. The smallest absolute Gasteiger partial charge is 0.219 e. The number of unbranched alkanes of at least 4 members (excludes halogenated alkanes) is 30. The SMILES string of the molecule is CCCCCCCCCCCCCCCCCC[N+](C)(CCCCCCCCCCCCCCCCCC)CCCNC(=O)CC. The lowest BCUT2D eigenvalue weighted by Gasteiger charge is -2.35. The first-order chi connectivity index (χ1) is 22.6. The fourth-order valence-electron chi connectivity index (χ4n) is 7.23. The van der Waals surface area contributed by atoms with E-state index in [0.29, 0.717) is 6.42 Å². The summed E-state index contributed by atoms with van der Waals surface area (Å²) in [6, 6.07) is 0. The molecule has 0 rings (SSSR count). The van der Waals surface area contributed by atoms with Crippen LogP contribution in [0.15, 0.2) is 0 Å². The molecule has 0 atom stereocenters. The maximum absolute atomic E-state index is 11.7. The Morgan fingerprint density at radius 1 is 0.370 bits per heavy atom. The minimum Gasteiger partial charge on any atom is -0.356 e. The highest BCUT2D eigenvalue weighted by molar-refractivity contribution is 5.75. The molecule has 3 heteroatoms.